The maximum atomic E-state index is 12.2. The van der Waals surface area contributed by atoms with Gasteiger partial charge in [0.15, 0.2) is 0 Å². The molecule has 0 radical (unpaired) electrons. The van der Waals surface area contributed by atoms with E-state index in [1.807, 2.05) is 6.07 Å². The summed E-state index contributed by atoms with van der Waals surface area (Å²) in [7, 11) is -3.67. The first-order chi connectivity index (χ1) is 9.03. The van der Waals surface area contributed by atoms with Gasteiger partial charge in [-0.1, -0.05) is 11.6 Å². The van der Waals surface area contributed by atoms with Gasteiger partial charge in [-0.05, 0) is 43.6 Å². The molecular formula is C12H14ClN3O2S. The van der Waals surface area contributed by atoms with Crippen LogP contribution in [0, 0.1) is 17.2 Å². The number of benzene rings is 1. The van der Waals surface area contributed by atoms with Crippen molar-refractivity contribution in [2.45, 2.75) is 11.3 Å². The fourth-order valence-electron chi connectivity index (χ4n) is 1.97. The van der Waals surface area contributed by atoms with Gasteiger partial charge in [-0.2, -0.15) is 5.26 Å². The van der Waals surface area contributed by atoms with E-state index in [2.05, 4.69) is 10.0 Å². The van der Waals surface area contributed by atoms with Crippen LogP contribution in [0.2, 0.25) is 5.02 Å². The van der Waals surface area contributed by atoms with Crippen molar-refractivity contribution < 1.29 is 8.42 Å². The Kier molecular flexibility index (Phi) is 4.42. The van der Waals surface area contributed by atoms with Crippen LogP contribution in [0.4, 0.5) is 0 Å². The predicted molar refractivity (Wildman–Crippen MR) is 72.3 cm³/mol. The minimum atomic E-state index is -3.67. The molecule has 102 valence electrons. The fourth-order valence-corrected chi connectivity index (χ4v) is 3.61. The van der Waals surface area contributed by atoms with Gasteiger partial charge in [0.1, 0.15) is 4.90 Å². The van der Waals surface area contributed by atoms with Crippen LogP contribution < -0.4 is 10.0 Å². The molecule has 1 atom stereocenters. The molecule has 1 aliphatic rings. The molecule has 7 heteroatoms. The SMILES string of the molecule is N#Cc1ccc(Cl)c(S(=O)(=O)NCC2CCNC2)c1. The molecule has 1 saturated heterocycles. The van der Waals surface area contributed by atoms with E-state index in [0.717, 1.165) is 19.5 Å². The molecule has 2 N–H and O–H groups in total. The van der Waals surface area contributed by atoms with E-state index in [1.54, 1.807) is 0 Å². The van der Waals surface area contributed by atoms with E-state index < -0.39 is 10.0 Å². The summed E-state index contributed by atoms with van der Waals surface area (Å²) in [6.07, 6.45) is 0.953. The second-order valence-electron chi connectivity index (χ2n) is 4.47. The van der Waals surface area contributed by atoms with Crippen molar-refractivity contribution in [3.8, 4) is 6.07 Å². The summed E-state index contributed by atoms with van der Waals surface area (Å²) in [4.78, 5) is -0.0424. The topological polar surface area (TPSA) is 82.0 Å². The Labute approximate surface area is 117 Å². The normalized spacial score (nSPS) is 19.3. The summed E-state index contributed by atoms with van der Waals surface area (Å²) < 4.78 is 26.9. The Morgan fingerprint density at radius 3 is 2.95 bits per heavy atom. The van der Waals surface area contributed by atoms with Gasteiger partial charge >= 0.3 is 0 Å². The molecule has 1 aromatic carbocycles. The summed E-state index contributed by atoms with van der Waals surface area (Å²) in [5, 5.41) is 12.1. The summed E-state index contributed by atoms with van der Waals surface area (Å²) in [5.41, 5.74) is 0.271. The third-order valence-electron chi connectivity index (χ3n) is 3.07. The summed E-state index contributed by atoms with van der Waals surface area (Å²) in [5.74, 6) is 0.299. The molecule has 1 aliphatic heterocycles. The van der Waals surface area contributed by atoms with E-state index in [9.17, 15) is 8.42 Å². The zero-order valence-electron chi connectivity index (χ0n) is 10.2. The molecule has 1 aromatic rings. The van der Waals surface area contributed by atoms with E-state index in [4.69, 9.17) is 16.9 Å². The van der Waals surface area contributed by atoms with Crippen molar-refractivity contribution in [1.82, 2.24) is 10.0 Å². The standard InChI is InChI=1S/C12H14ClN3O2S/c13-11-2-1-9(6-14)5-12(11)19(17,18)16-8-10-3-4-15-7-10/h1-2,5,10,15-16H,3-4,7-8H2. The second kappa shape index (κ2) is 5.88. The van der Waals surface area contributed by atoms with Crippen LogP contribution in [0.1, 0.15) is 12.0 Å². The van der Waals surface area contributed by atoms with Crippen molar-refractivity contribution in [3.63, 3.8) is 0 Å². The molecule has 1 unspecified atom stereocenters. The molecule has 0 saturated carbocycles. The molecule has 2 rings (SSSR count). The van der Waals surface area contributed by atoms with Crippen molar-refractivity contribution in [2.24, 2.45) is 5.92 Å². The maximum Gasteiger partial charge on any atom is 0.242 e. The first-order valence-corrected chi connectivity index (χ1v) is 7.79. The van der Waals surface area contributed by atoms with Gasteiger partial charge in [-0.15, -0.1) is 0 Å². The van der Waals surface area contributed by atoms with Gasteiger partial charge in [-0.3, -0.25) is 0 Å². The molecule has 1 heterocycles. The van der Waals surface area contributed by atoms with Crippen LogP contribution >= 0.6 is 11.6 Å². The molecule has 0 bridgehead atoms. The van der Waals surface area contributed by atoms with Crippen LogP contribution in [-0.4, -0.2) is 28.1 Å². The predicted octanol–water partition coefficient (Wildman–Crippen LogP) is 1.10. The molecule has 0 aliphatic carbocycles. The van der Waals surface area contributed by atoms with Gasteiger partial charge in [-0.25, -0.2) is 13.1 Å². The van der Waals surface area contributed by atoms with Crippen molar-refractivity contribution in [2.75, 3.05) is 19.6 Å². The molecular weight excluding hydrogens is 286 g/mol. The van der Waals surface area contributed by atoms with E-state index in [-0.39, 0.29) is 15.5 Å². The number of nitriles is 1. The first kappa shape index (κ1) is 14.3. The van der Waals surface area contributed by atoms with Gasteiger partial charge < -0.3 is 5.32 Å². The third kappa shape index (κ3) is 3.45. The van der Waals surface area contributed by atoms with Crippen LogP contribution in [-0.2, 0) is 10.0 Å². The Balaban J connectivity index is 2.16. The molecule has 0 amide bonds. The Morgan fingerprint density at radius 1 is 1.53 bits per heavy atom. The molecule has 0 spiro atoms. The molecule has 19 heavy (non-hydrogen) atoms. The molecule has 0 aromatic heterocycles. The van der Waals surface area contributed by atoms with Crippen molar-refractivity contribution in [3.05, 3.63) is 28.8 Å². The smallest absolute Gasteiger partial charge is 0.242 e. The van der Waals surface area contributed by atoms with Crippen LogP contribution in [0.15, 0.2) is 23.1 Å². The zero-order chi connectivity index (χ0) is 13.9. The van der Waals surface area contributed by atoms with E-state index in [1.165, 1.54) is 18.2 Å². The van der Waals surface area contributed by atoms with E-state index in [0.29, 0.717) is 12.5 Å². The van der Waals surface area contributed by atoms with Crippen LogP contribution in [0.5, 0.6) is 0 Å². The zero-order valence-corrected chi connectivity index (χ0v) is 11.8. The third-order valence-corrected chi connectivity index (χ3v) is 4.98. The number of hydrogen-bond acceptors (Lipinski definition) is 4. The maximum absolute atomic E-state index is 12.2. The highest BCUT2D eigenvalue weighted by molar-refractivity contribution is 7.89. The average molecular weight is 300 g/mol. The molecule has 1 fully saturated rings. The number of nitrogens with one attached hydrogen (secondary N) is 2. The van der Waals surface area contributed by atoms with Gasteiger partial charge in [0.05, 0.1) is 16.7 Å². The van der Waals surface area contributed by atoms with E-state index >= 15 is 0 Å². The number of nitrogens with zero attached hydrogens (tertiary/aromatic N) is 1. The summed E-state index contributed by atoms with van der Waals surface area (Å²) in [6, 6.07) is 6.10. The van der Waals surface area contributed by atoms with Gasteiger partial charge in [0.2, 0.25) is 10.0 Å². The first-order valence-electron chi connectivity index (χ1n) is 5.93. The number of halogens is 1. The van der Waals surface area contributed by atoms with Crippen molar-refractivity contribution in [1.29, 1.82) is 5.26 Å². The lowest BCUT2D eigenvalue weighted by Crippen LogP contribution is -2.30. The lowest BCUT2D eigenvalue weighted by atomic mass is 10.1. The lowest BCUT2D eigenvalue weighted by molar-refractivity contribution is 0.539. The van der Waals surface area contributed by atoms with Crippen LogP contribution in [0.3, 0.4) is 0 Å². The summed E-state index contributed by atoms with van der Waals surface area (Å²) >= 11 is 5.89. The lowest BCUT2D eigenvalue weighted by Gasteiger charge is -2.12. The quantitative estimate of drug-likeness (QED) is 0.872. The highest BCUT2D eigenvalue weighted by Gasteiger charge is 2.21. The highest BCUT2D eigenvalue weighted by atomic mass is 35.5. The van der Waals surface area contributed by atoms with Crippen molar-refractivity contribution >= 4 is 21.6 Å². The largest absolute Gasteiger partial charge is 0.316 e. The fraction of sp³-hybridized carbons (Fsp3) is 0.417. The Hall–Kier alpha value is -1.13. The monoisotopic (exact) mass is 299 g/mol. The van der Waals surface area contributed by atoms with Crippen LogP contribution in [0.25, 0.3) is 0 Å². The number of sulfonamides is 1. The van der Waals surface area contributed by atoms with Gasteiger partial charge in [0, 0.05) is 6.54 Å². The minimum Gasteiger partial charge on any atom is -0.316 e. The number of rotatable bonds is 4. The molecule has 5 nitrogen and oxygen atoms in total. The minimum absolute atomic E-state index is 0.0424. The Morgan fingerprint density at radius 2 is 2.32 bits per heavy atom. The average Bonchev–Trinajstić information content (AvgIpc) is 2.90. The number of hydrogen-bond donors (Lipinski definition) is 2. The van der Waals surface area contributed by atoms with Gasteiger partial charge in [0.25, 0.3) is 0 Å². The summed E-state index contributed by atoms with van der Waals surface area (Å²) in [6.45, 7) is 2.11. The Bertz CT molecular complexity index is 604. The highest BCUT2D eigenvalue weighted by Crippen LogP contribution is 2.22. The second-order valence-corrected chi connectivity index (χ2v) is 6.61.